The minimum Gasteiger partial charge on any atom is -0.462 e. The summed E-state index contributed by atoms with van der Waals surface area (Å²) in [7, 11) is 0. The molecule has 3 saturated carbocycles. The van der Waals surface area contributed by atoms with Gasteiger partial charge < -0.3 is 13.9 Å². The van der Waals surface area contributed by atoms with Crippen LogP contribution >= 0.6 is 0 Å². The zero-order valence-corrected chi connectivity index (χ0v) is 28.2. The minimum absolute atomic E-state index is 0.0630. The Bertz CT molecular complexity index is 1660. The van der Waals surface area contributed by atoms with Crippen molar-refractivity contribution in [2.24, 2.45) is 40.4 Å². The number of rotatable bonds is 6. The fourth-order valence-corrected chi connectivity index (χ4v) is 11.5. The predicted octanol–water partition coefficient (Wildman–Crippen LogP) is 9.30. The maximum atomic E-state index is 11.6. The number of carbonyl (C=O) groups is 1. The van der Waals surface area contributed by atoms with Gasteiger partial charge in [-0.1, -0.05) is 75.7 Å². The highest BCUT2D eigenvalue weighted by Crippen LogP contribution is 2.69. The van der Waals surface area contributed by atoms with Crippen molar-refractivity contribution in [1.82, 2.24) is 10.2 Å². The van der Waals surface area contributed by atoms with Gasteiger partial charge in [0.15, 0.2) is 0 Å². The molecule has 5 aliphatic rings. The van der Waals surface area contributed by atoms with E-state index in [2.05, 4.69) is 86.4 Å². The molecule has 0 bridgehead atoms. The van der Waals surface area contributed by atoms with Crippen molar-refractivity contribution in [3.05, 3.63) is 60.0 Å². The molecule has 46 heavy (non-hydrogen) atoms. The van der Waals surface area contributed by atoms with Gasteiger partial charge in [0.25, 0.3) is 0 Å². The molecule has 0 unspecified atom stereocenters. The maximum absolute atomic E-state index is 11.6. The zero-order chi connectivity index (χ0) is 31.8. The molecule has 244 valence electrons. The van der Waals surface area contributed by atoms with Crippen LogP contribution in [-0.2, 0) is 14.3 Å². The Morgan fingerprint density at radius 2 is 1.89 bits per heavy atom. The van der Waals surface area contributed by atoms with Crippen molar-refractivity contribution in [2.75, 3.05) is 0 Å². The van der Waals surface area contributed by atoms with Crippen molar-refractivity contribution >= 4 is 16.7 Å². The van der Waals surface area contributed by atoms with E-state index in [1.54, 1.807) is 12.5 Å². The van der Waals surface area contributed by atoms with Crippen LogP contribution in [0, 0.1) is 40.4 Å². The molecule has 11 atom stereocenters. The molecular weight excluding hydrogens is 572 g/mol. The lowest BCUT2D eigenvalue weighted by molar-refractivity contribution is -0.148. The van der Waals surface area contributed by atoms with Crippen LogP contribution in [-0.4, -0.2) is 34.5 Å². The van der Waals surface area contributed by atoms with Crippen molar-refractivity contribution in [1.29, 1.82) is 0 Å². The summed E-state index contributed by atoms with van der Waals surface area (Å²) in [5.74, 6) is 4.77. The van der Waals surface area contributed by atoms with E-state index in [1.807, 2.05) is 0 Å². The van der Waals surface area contributed by atoms with E-state index in [1.165, 1.54) is 31.1 Å². The Morgan fingerprint density at radius 3 is 2.74 bits per heavy atom. The molecular formula is C40H50N2O4. The molecule has 8 rings (SSSR count). The van der Waals surface area contributed by atoms with Crippen molar-refractivity contribution in [3.63, 3.8) is 0 Å². The number of aromatic nitrogens is 2. The molecule has 2 aromatic carbocycles. The van der Waals surface area contributed by atoms with E-state index in [9.17, 15) is 4.79 Å². The summed E-state index contributed by atoms with van der Waals surface area (Å²) in [6.45, 7) is 11.4. The lowest BCUT2D eigenvalue weighted by atomic mass is 9.47. The molecule has 6 heteroatoms. The minimum atomic E-state index is -0.142. The molecule has 6 nitrogen and oxygen atoms in total. The third-order valence-corrected chi connectivity index (χ3v) is 13.7. The van der Waals surface area contributed by atoms with Crippen LogP contribution in [0.2, 0.25) is 0 Å². The van der Waals surface area contributed by atoms with Gasteiger partial charge in [-0.2, -0.15) is 0 Å². The topological polar surface area (TPSA) is 74.5 Å². The first kappa shape index (κ1) is 30.4. The van der Waals surface area contributed by atoms with E-state index in [4.69, 9.17) is 13.9 Å². The predicted molar refractivity (Wildman–Crippen MR) is 179 cm³/mol. The molecule has 0 radical (unpaired) electrons. The lowest BCUT2D eigenvalue weighted by Crippen LogP contribution is -2.51. The number of allylic oxidation sites excluding steroid dienone is 1. The number of esters is 1. The molecule has 0 spiro atoms. The van der Waals surface area contributed by atoms with E-state index in [0.717, 1.165) is 66.7 Å². The van der Waals surface area contributed by atoms with Crippen LogP contribution in [0.4, 0.5) is 0 Å². The summed E-state index contributed by atoms with van der Waals surface area (Å²) in [5.41, 5.74) is 3.17. The average Bonchev–Trinajstić information content (AvgIpc) is 3.73. The Hall–Kier alpha value is -2.99. The Labute approximate surface area is 273 Å². The molecule has 0 amide bonds. The normalized spacial score (nSPS) is 38.8. The van der Waals surface area contributed by atoms with Crippen LogP contribution in [0.3, 0.4) is 0 Å². The van der Waals surface area contributed by atoms with Crippen molar-refractivity contribution in [2.45, 2.75) is 117 Å². The van der Waals surface area contributed by atoms with Gasteiger partial charge in [0, 0.05) is 24.8 Å². The second-order valence-electron chi connectivity index (χ2n) is 16.1. The summed E-state index contributed by atoms with van der Waals surface area (Å²) in [6.07, 6.45) is 13.4. The summed E-state index contributed by atoms with van der Waals surface area (Å²) in [6, 6.07) is 14.6. The lowest BCUT2D eigenvalue weighted by Gasteiger charge is -2.58. The Kier molecular flexibility index (Phi) is 7.47. The van der Waals surface area contributed by atoms with Crippen molar-refractivity contribution < 1.29 is 18.7 Å². The average molecular weight is 623 g/mol. The fourth-order valence-electron chi connectivity index (χ4n) is 11.5. The van der Waals surface area contributed by atoms with Crippen LogP contribution in [0.15, 0.2) is 58.5 Å². The highest BCUT2D eigenvalue weighted by Gasteiger charge is 2.65. The monoisotopic (exact) mass is 622 g/mol. The first-order chi connectivity index (χ1) is 22.2. The second kappa shape index (κ2) is 11.3. The quantitative estimate of drug-likeness (QED) is 0.201. The van der Waals surface area contributed by atoms with Gasteiger partial charge in [0.1, 0.15) is 6.10 Å². The molecule has 0 N–H and O–H groups in total. The van der Waals surface area contributed by atoms with E-state index in [-0.39, 0.29) is 23.4 Å². The van der Waals surface area contributed by atoms with Crippen molar-refractivity contribution in [3.8, 4) is 11.5 Å². The molecule has 1 saturated heterocycles. The molecule has 2 heterocycles. The largest absolute Gasteiger partial charge is 0.462 e. The molecule has 4 aliphatic carbocycles. The number of benzene rings is 2. The third-order valence-electron chi connectivity index (χ3n) is 13.7. The van der Waals surface area contributed by atoms with Gasteiger partial charge in [-0.3, -0.25) is 4.79 Å². The number of fused-ring (bicyclic) bond motifs is 8. The molecule has 4 fully saturated rings. The molecule has 1 aliphatic heterocycles. The maximum Gasteiger partial charge on any atom is 0.302 e. The third kappa shape index (κ3) is 4.79. The molecule has 3 aromatic rings. The Morgan fingerprint density at radius 1 is 1.07 bits per heavy atom. The van der Waals surface area contributed by atoms with Crippen LogP contribution in [0.25, 0.3) is 22.2 Å². The van der Waals surface area contributed by atoms with Crippen LogP contribution < -0.4 is 0 Å². The van der Waals surface area contributed by atoms with Gasteiger partial charge in [0.05, 0.1) is 12.2 Å². The van der Waals surface area contributed by atoms with Gasteiger partial charge >= 0.3 is 5.97 Å². The number of nitrogens with zero attached hydrogens (tertiary/aromatic N) is 2. The van der Waals surface area contributed by atoms with Crippen LogP contribution in [0.5, 0.6) is 0 Å². The first-order valence-electron chi connectivity index (χ1n) is 18.0. The summed E-state index contributed by atoms with van der Waals surface area (Å²) < 4.78 is 18.9. The molecule has 1 aromatic heterocycles. The van der Waals surface area contributed by atoms with Gasteiger partial charge in [-0.25, -0.2) is 0 Å². The summed E-state index contributed by atoms with van der Waals surface area (Å²) >= 11 is 0. The number of carbonyl (C=O) groups excluding carboxylic acids is 1. The van der Waals surface area contributed by atoms with Gasteiger partial charge in [0.2, 0.25) is 11.8 Å². The highest BCUT2D eigenvalue weighted by molar-refractivity contribution is 5.94. The smallest absolute Gasteiger partial charge is 0.302 e. The summed E-state index contributed by atoms with van der Waals surface area (Å²) in [4.78, 5) is 11.6. The highest BCUT2D eigenvalue weighted by atomic mass is 16.5. The standard InChI is InChI=1S/C40H50N2O4/c1-23(37-41-42-38(46-37)30-12-8-10-26-9-6-7-11-29(26)30)13-16-34-24(2)36-35(45-34)22-33-31-15-14-27-21-28(44-25(3)43)17-19-39(27,4)32(31)18-20-40(33,36)5/h6-12,14,23-24,28,31-36H,13,15-22H2,1-5H3/t23-,24+,28-,31+,32-,33-,34+,35-,36-,39-,40-/m0/s1. The summed E-state index contributed by atoms with van der Waals surface area (Å²) in [5, 5.41) is 11.3. The second-order valence-corrected chi connectivity index (χ2v) is 16.1. The van der Waals surface area contributed by atoms with Crippen LogP contribution in [0.1, 0.15) is 104 Å². The number of hydrogen-bond donors (Lipinski definition) is 0. The van der Waals surface area contributed by atoms with E-state index < -0.39 is 0 Å². The SMILES string of the molecule is CC(=O)O[C@H]1CC[C@@]2(C)C(=CC[C@H]3[C@@H]4C[C@@H]5O[C@H](CC[C@H](C)c6nnc(-c7cccc8ccccc78)o6)[C@@H](C)[C@@H]5[C@@]4(C)CC[C@@H]32)C1. The number of hydrogen-bond acceptors (Lipinski definition) is 6. The van der Waals surface area contributed by atoms with E-state index in [0.29, 0.717) is 35.3 Å². The van der Waals surface area contributed by atoms with Gasteiger partial charge in [-0.15, -0.1) is 10.2 Å². The fraction of sp³-hybridized carbons (Fsp3) is 0.625. The van der Waals surface area contributed by atoms with Gasteiger partial charge in [-0.05, 0) is 109 Å². The first-order valence-corrected chi connectivity index (χ1v) is 18.0. The zero-order valence-electron chi connectivity index (χ0n) is 28.2. The Balaban J connectivity index is 0.924. The van der Waals surface area contributed by atoms with E-state index >= 15 is 0 Å². The number of ether oxygens (including phenoxy) is 2.